The van der Waals surface area contributed by atoms with E-state index in [9.17, 15) is 9.59 Å². The van der Waals surface area contributed by atoms with E-state index in [2.05, 4.69) is 17.4 Å². The number of hydrogen-bond acceptors (Lipinski definition) is 3. The van der Waals surface area contributed by atoms with Gasteiger partial charge in [0.25, 0.3) is 5.91 Å². The molecule has 1 aliphatic carbocycles. The molecular formula is C20H19ClN2O2. The molecule has 2 aromatic rings. The maximum absolute atomic E-state index is 12.8. The summed E-state index contributed by atoms with van der Waals surface area (Å²) in [4.78, 5) is 26.6. The van der Waals surface area contributed by atoms with Gasteiger partial charge >= 0.3 is 0 Å². The summed E-state index contributed by atoms with van der Waals surface area (Å²) in [5.41, 5.74) is 4.08. The van der Waals surface area contributed by atoms with Gasteiger partial charge in [0, 0.05) is 11.1 Å². The number of nitrogens with zero attached hydrogens (tertiary/aromatic N) is 1. The minimum Gasteiger partial charge on any atom is -0.302 e. The lowest BCUT2D eigenvalue weighted by atomic mass is 10.1. The number of amides is 2. The number of imide groups is 1. The fourth-order valence-electron chi connectivity index (χ4n) is 3.80. The summed E-state index contributed by atoms with van der Waals surface area (Å²) in [6, 6.07) is 13.3. The molecule has 0 saturated carbocycles. The van der Waals surface area contributed by atoms with Gasteiger partial charge in [-0.05, 0) is 48.6 Å². The number of benzene rings is 2. The van der Waals surface area contributed by atoms with Crippen LogP contribution in [0.4, 0.5) is 5.69 Å². The van der Waals surface area contributed by atoms with Crippen molar-refractivity contribution < 1.29 is 9.59 Å². The predicted molar refractivity (Wildman–Crippen MR) is 97.9 cm³/mol. The van der Waals surface area contributed by atoms with E-state index in [4.69, 9.17) is 11.6 Å². The van der Waals surface area contributed by atoms with Crippen molar-refractivity contribution in [3.8, 4) is 0 Å². The Labute approximate surface area is 151 Å². The highest BCUT2D eigenvalue weighted by Crippen LogP contribution is 2.30. The van der Waals surface area contributed by atoms with E-state index < -0.39 is 6.04 Å². The van der Waals surface area contributed by atoms with Crippen LogP contribution < -0.4 is 10.2 Å². The molecule has 1 aliphatic heterocycles. The van der Waals surface area contributed by atoms with Gasteiger partial charge in [0.05, 0.1) is 18.2 Å². The monoisotopic (exact) mass is 354 g/mol. The Morgan fingerprint density at radius 3 is 2.40 bits per heavy atom. The van der Waals surface area contributed by atoms with Gasteiger partial charge in [-0.3, -0.25) is 9.59 Å². The number of fused-ring (bicyclic) bond motifs is 1. The Hall–Kier alpha value is -2.17. The number of carbonyl (C=O) groups is 2. The number of carbonyl (C=O) groups excluding carboxylic acids is 2. The van der Waals surface area contributed by atoms with Crippen LogP contribution in [0.25, 0.3) is 0 Å². The summed E-state index contributed by atoms with van der Waals surface area (Å²) in [5, 5.41) is 3.91. The minimum atomic E-state index is -0.467. The summed E-state index contributed by atoms with van der Waals surface area (Å²) in [5.74, 6) is -0.366. The van der Waals surface area contributed by atoms with Crippen molar-refractivity contribution in [2.24, 2.45) is 0 Å². The largest absolute Gasteiger partial charge is 0.302 e. The summed E-state index contributed by atoms with van der Waals surface area (Å²) in [6.07, 6.45) is 1.98. The molecule has 4 nitrogen and oxygen atoms in total. The molecule has 2 aliphatic rings. The lowest BCUT2D eigenvalue weighted by Gasteiger charge is -2.20. The van der Waals surface area contributed by atoms with E-state index in [1.54, 1.807) is 12.1 Å². The summed E-state index contributed by atoms with van der Waals surface area (Å²) >= 11 is 6.05. The Morgan fingerprint density at radius 2 is 1.72 bits per heavy atom. The summed E-state index contributed by atoms with van der Waals surface area (Å²) < 4.78 is 0. The predicted octanol–water partition coefficient (Wildman–Crippen LogP) is 3.04. The van der Waals surface area contributed by atoms with Crippen molar-refractivity contribution in [2.45, 2.75) is 38.3 Å². The van der Waals surface area contributed by atoms with Crippen molar-refractivity contribution in [1.29, 1.82) is 0 Å². The molecule has 4 rings (SSSR count). The molecule has 5 heteroatoms. The number of nitrogens with one attached hydrogen (secondary N) is 1. The molecule has 25 heavy (non-hydrogen) atoms. The average Bonchev–Trinajstić information content (AvgIpc) is 3.11. The number of halogens is 1. The van der Waals surface area contributed by atoms with Crippen LogP contribution in [0.5, 0.6) is 0 Å². The average molecular weight is 355 g/mol. The molecule has 128 valence electrons. The van der Waals surface area contributed by atoms with Gasteiger partial charge in [-0.2, -0.15) is 0 Å². The lowest BCUT2D eigenvalue weighted by molar-refractivity contribution is -0.121. The van der Waals surface area contributed by atoms with E-state index in [-0.39, 0.29) is 24.3 Å². The van der Waals surface area contributed by atoms with Crippen LogP contribution in [0.3, 0.4) is 0 Å². The van der Waals surface area contributed by atoms with Crippen LogP contribution in [0.1, 0.15) is 23.1 Å². The normalized spacial score (nSPS) is 20.4. The molecule has 0 bridgehead atoms. The molecule has 1 heterocycles. The van der Waals surface area contributed by atoms with Crippen molar-refractivity contribution in [1.82, 2.24) is 5.32 Å². The first-order chi connectivity index (χ1) is 12.0. The Morgan fingerprint density at radius 1 is 1.04 bits per heavy atom. The first-order valence-corrected chi connectivity index (χ1v) is 8.86. The first kappa shape index (κ1) is 16.3. The molecule has 0 radical (unpaired) electrons. The van der Waals surface area contributed by atoms with Gasteiger partial charge in [0.1, 0.15) is 0 Å². The van der Waals surface area contributed by atoms with Crippen molar-refractivity contribution in [3.63, 3.8) is 0 Å². The van der Waals surface area contributed by atoms with E-state index in [1.807, 2.05) is 25.1 Å². The van der Waals surface area contributed by atoms with Gasteiger partial charge in [0.15, 0.2) is 0 Å². The van der Waals surface area contributed by atoms with Crippen LogP contribution in [0.15, 0.2) is 42.5 Å². The van der Waals surface area contributed by atoms with Crippen LogP contribution in [0, 0.1) is 6.92 Å². The fraction of sp³-hybridized carbons (Fsp3) is 0.300. The zero-order valence-corrected chi connectivity index (χ0v) is 14.7. The molecule has 2 aromatic carbocycles. The molecule has 1 fully saturated rings. The molecule has 0 aromatic heterocycles. The Kier molecular flexibility index (Phi) is 4.10. The van der Waals surface area contributed by atoms with E-state index in [1.165, 1.54) is 16.0 Å². The van der Waals surface area contributed by atoms with Crippen molar-refractivity contribution in [3.05, 3.63) is 64.2 Å². The number of rotatable bonds is 3. The van der Waals surface area contributed by atoms with Gasteiger partial charge in [-0.1, -0.05) is 41.9 Å². The second-order valence-corrected chi connectivity index (χ2v) is 7.23. The molecule has 1 atom stereocenters. The van der Waals surface area contributed by atoms with Crippen LogP contribution >= 0.6 is 11.6 Å². The summed E-state index contributed by atoms with van der Waals surface area (Å²) in [7, 11) is 0. The van der Waals surface area contributed by atoms with E-state index in [0.29, 0.717) is 10.7 Å². The number of hydrogen-bond donors (Lipinski definition) is 1. The lowest BCUT2D eigenvalue weighted by Crippen LogP contribution is -2.44. The third kappa shape index (κ3) is 2.96. The number of aryl methyl sites for hydroxylation is 1. The molecule has 1 unspecified atom stereocenters. The molecule has 1 saturated heterocycles. The van der Waals surface area contributed by atoms with Gasteiger partial charge in [0.2, 0.25) is 5.91 Å². The topological polar surface area (TPSA) is 49.4 Å². The minimum absolute atomic E-state index is 0.177. The fourth-order valence-corrected chi connectivity index (χ4v) is 3.97. The summed E-state index contributed by atoms with van der Waals surface area (Å²) in [6.45, 7) is 1.88. The van der Waals surface area contributed by atoms with Crippen LogP contribution in [-0.4, -0.2) is 23.9 Å². The third-order valence-corrected chi connectivity index (χ3v) is 5.28. The molecule has 2 amide bonds. The Balaban J connectivity index is 1.51. The zero-order chi connectivity index (χ0) is 17.6. The highest BCUT2D eigenvalue weighted by atomic mass is 35.5. The highest BCUT2D eigenvalue weighted by molar-refractivity contribution is 6.31. The standard InChI is InChI=1S/C20H19ClN2O2/c1-12-6-7-15(21)10-18(12)23-19(24)11-17(20(23)25)22-16-8-13-4-2-3-5-14(13)9-16/h2-7,10,16-17,22H,8-9,11H2,1H3. The van der Waals surface area contributed by atoms with Gasteiger partial charge < -0.3 is 5.32 Å². The van der Waals surface area contributed by atoms with Gasteiger partial charge in [-0.15, -0.1) is 0 Å². The highest BCUT2D eigenvalue weighted by Gasteiger charge is 2.41. The molecular weight excluding hydrogens is 336 g/mol. The second kappa shape index (κ2) is 6.28. The number of anilines is 1. The van der Waals surface area contributed by atoms with Crippen LogP contribution in [0.2, 0.25) is 5.02 Å². The SMILES string of the molecule is Cc1ccc(Cl)cc1N1C(=O)CC(NC2Cc3ccccc3C2)C1=O. The first-order valence-electron chi connectivity index (χ1n) is 8.48. The maximum Gasteiger partial charge on any atom is 0.251 e. The third-order valence-electron chi connectivity index (χ3n) is 5.05. The van der Waals surface area contributed by atoms with Crippen molar-refractivity contribution >= 4 is 29.1 Å². The van der Waals surface area contributed by atoms with Crippen LogP contribution in [-0.2, 0) is 22.4 Å². The molecule has 1 N–H and O–H groups in total. The smallest absolute Gasteiger partial charge is 0.251 e. The van der Waals surface area contributed by atoms with E-state index >= 15 is 0 Å². The quantitative estimate of drug-likeness (QED) is 0.862. The zero-order valence-electron chi connectivity index (χ0n) is 14.0. The Bertz CT molecular complexity index is 840. The van der Waals surface area contributed by atoms with Crippen molar-refractivity contribution in [2.75, 3.05) is 4.90 Å². The molecule has 0 spiro atoms. The maximum atomic E-state index is 12.8. The van der Waals surface area contributed by atoms with Gasteiger partial charge in [-0.25, -0.2) is 4.90 Å². The second-order valence-electron chi connectivity index (χ2n) is 6.80. The van der Waals surface area contributed by atoms with E-state index in [0.717, 1.165) is 18.4 Å².